The van der Waals surface area contributed by atoms with Crippen molar-refractivity contribution in [3.63, 3.8) is 0 Å². The first kappa shape index (κ1) is 11.9. The van der Waals surface area contributed by atoms with E-state index in [1.54, 1.807) is 11.4 Å². The molecule has 1 heterocycles. The van der Waals surface area contributed by atoms with Crippen LogP contribution >= 0.6 is 11.5 Å². The minimum absolute atomic E-state index is 0.0612. The Hall–Kier alpha value is -0.590. The van der Waals surface area contributed by atoms with Crippen LogP contribution in [0.15, 0.2) is 11.4 Å². The first-order chi connectivity index (χ1) is 7.55. The highest BCUT2D eigenvalue weighted by atomic mass is 32.1. The molecule has 2 rings (SSSR count). The quantitative estimate of drug-likeness (QED) is 0.850. The summed E-state index contributed by atoms with van der Waals surface area (Å²) in [5, 5.41) is 11.9. The largest absolute Gasteiger partial charge is 0.388 e. The lowest BCUT2D eigenvalue weighted by Gasteiger charge is -2.52. The molecule has 1 fully saturated rings. The first-order valence-corrected chi connectivity index (χ1v) is 5.89. The van der Waals surface area contributed by atoms with Crippen LogP contribution in [-0.2, 0) is 0 Å². The van der Waals surface area contributed by atoms with E-state index in [0.29, 0.717) is 5.69 Å². The van der Waals surface area contributed by atoms with Gasteiger partial charge in [-0.2, -0.15) is 4.37 Å². The van der Waals surface area contributed by atoms with Crippen molar-refractivity contribution in [2.45, 2.75) is 24.5 Å². The number of aliphatic hydroxyl groups is 1. The second-order valence-electron chi connectivity index (χ2n) is 4.63. The van der Waals surface area contributed by atoms with Gasteiger partial charge in [-0.05, 0) is 30.4 Å². The fourth-order valence-electron chi connectivity index (χ4n) is 2.35. The highest BCUT2D eigenvalue weighted by Crippen LogP contribution is 2.53. The van der Waals surface area contributed by atoms with Gasteiger partial charge in [0, 0.05) is 10.8 Å². The third-order valence-electron chi connectivity index (χ3n) is 3.28. The Morgan fingerprint density at radius 2 is 2.12 bits per heavy atom. The van der Waals surface area contributed by atoms with Gasteiger partial charge in [-0.25, -0.2) is 0 Å². The zero-order chi connectivity index (χ0) is 11.8. The zero-order valence-corrected chi connectivity index (χ0v) is 9.51. The average Bonchev–Trinajstić information content (AvgIpc) is 2.76. The Morgan fingerprint density at radius 3 is 2.56 bits per heavy atom. The van der Waals surface area contributed by atoms with E-state index in [1.807, 2.05) is 0 Å². The van der Waals surface area contributed by atoms with Crippen molar-refractivity contribution >= 4 is 11.5 Å². The van der Waals surface area contributed by atoms with Crippen molar-refractivity contribution in [3.05, 3.63) is 17.1 Å². The van der Waals surface area contributed by atoms with Gasteiger partial charge in [-0.15, -0.1) is 0 Å². The van der Waals surface area contributed by atoms with Crippen LogP contribution in [0.3, 0.4) is 0 Å². The topological polar surface area (TPSA) is 59.1 Å². The first-order valence-electron chi connectivity index (χ1n) is 5.05. The number of nitrogens with two attached hydrogens (primary N) is 1. The Morgan fingerprint density at radius 1 is 1.50 bits per heavy atom. The predicted octanol–water partition coefficient (Wildman–Crippen LogP) is 1.59. The number of aromatic nitrogens is 1. The lowest BCUT2D eigenvalue weighted by atomic mass is 9.57. The SMILES string of the molecule is NC(c1ccsn1)C1(O)CC(CF)(CF)C1. The second kappa shape index (κ2) is 4.01. The molecule has 16 heavy (non-hydrogen) atoms. The molecular weight excluding hydrogens is 234 g/mol. The Balaban J connectivity index is 2.07. The van der Waals surface area contributed by atoms with Gasteiger partial charge in [0.2, 0.25) is 0 Å². The fourth-order valence-corrected chi connectivity index (χ4v) is 2.91. The Bertz CT molecular complexity index is 346. The van der Waals surface area contributed by atoms with Gasteiger partial charge in [-0.3, -0.25) is 8.78 Å². The minimum atomic E-state index is -1.22. The summed E-state index contributed by atoms with van der Waals surface area (Å²) in [5.74, 6) is 0. The van der Waals surface area contributed by atoms with Crippen molar-refractivity contribution < 1.29 is 13.9 Å². The normalized spacial score (nSPS) is 23.8. The number of rotatable bonds is 4. The van der Waals surface area contributed by atoms with Crippen LogP contribution < -0.4 is 5.73 Å². The van der Waals surface area contributed by atoms with Gasteiger partial charge in [0.05, 0.1) is 30.7 Å². The molecule has 1 saturated carbocycles. The molecule has 1 aliphatic rings. The van der Waals surface area contributed by atoms with Crippen LogP contribution in [0.4, 0.5) is 8.78 Å². The molecule has 3 nitrogen and oxygen atoms in total. The van der Waals surface area contributed by atoms with Crippen LogP contribution in [0, 0.1) is 5.41 Å². The summed E-state index contributed by atoms with van der Waals surface area (Å²) in [5.41, 5.74) is 4.20. The number of alkyl halides is 2. The van der Waals surface area contributed by atoms with Gasteiger partial charge in [0.1, 0.15) is 0 Å². The smallest absolute Gasteiger partial charge is 0.0977 e. The van der Waals surface area contributed by atoms with Crippen molar-refractivity contribution in [1.29, 1.82) is 0 Å². The van der Waals surface area contributed by atoms with Crippen LogP contribution in [-0.4, -0.2) is 28.4 Å². The third-order valence-corrected chi connectivity index (χ3v) is 3.86. The highest BCUT2D eigenvalue weighted by molar-refractivity contribution is 7.03. The highest BCUT2D eigenvalue weighted by Gasteiger charge is 2.57. The number of nitrogens with zero attached hydrogens (tertiary/aromatic N) is 1. The molecule has 3 N–H and O–H groups in total. The molecule has 0 saturated heterocycles. The predicted molar refractivity (Wildman–Crippen MR) is 57.6 cm³/mol. The maximum absolute atomic E-state index is 12.6. The standard InChI is InChI=1S/C10H14F2N2OS/c11-5-9(6-12)3-10(15,4-9)8(13)7-1-2-16-14-7/h1-2,8,15H,3-6,13H2. The van der Waals surface area contributed by atoms with E-state index in [4.69, 9.17) is 5.73 Å². The van der Waals surface area contributed by atoms with Crippen molar-refractivity contribution in [2.24, 2.45) is 11.1 Å². The fraction of sp³-hybridized carbons (Fsp3) is 0.700. The van der Waals surface area contributed by atoms with Gasteiger partial charge in [-0.1, -0.05) is 0 Å². The molecule has 90 valence electrons. The van der Waals surface area contributed by atoms with E-state index in [9.17, 15) is 13.9 Å². The summed E-state index contributed by atoms with van der Waals surface area (Å²) in [6.45, 7) is -1.51. The van der Waals surface area contributed by atoms with Crippen LogP contribution in [0.5, 0.6) is 0 Å². The maximum atomic E-state index is 12.6. The van der Waals surface area contributed by atoms with E-state index in [0.717, 1.165) is 0 Å². The van der Waals surface area contributed by atoms with E-state index in [-0.39, 0.29) is 12.8 Å². The lowest BCUT2D eigenvalue weighted by molar-refractivity contribution is -0.158. The van der Waals surface area contributed by atoms with Gasteiger partial charge >= 0.3 is 0 Å². The van der Waals surface area contributed by atoms with Gasteiger partial charge in [0.15, 0.2) is 0 Å². The summed E-state index contributed by atoms with van der Waals surface area (Å²) in [6, 6.07) is 1.06. The summed E-state index contributed by atoms with van der Waals surface area (Å²) in [7, 11) is 0. The Labute approximate surface area is 96.4 Å². The summed E-state index contributed by atoms with van der Waals surface area (Å²) < 4.78 is 29.3. The van der Waals surface area contributed by atoms with Gasteiger partial charge < -0.3 is 10.8 Å². The van der Waals surface area contributed by atoms with E-state index < -0.39 is 30.4 Å². The molecule has 1 aliphatic carbocycles. The molecule has 0 amide bonds. The zero-order valence-electron chi connectivity index (χ0n) is 8.70. The average molecular weight is 248 g/mol. The molecular formula is C10H14F2N2OS. The maximum Gasteiger partial charge on any atom is 0.0977 e. The minimum Gasteiger partial charge on any atom is -0.388 e. The molecule has 1 atom stereocenters. The molecule has 0 radical (unpaired) electrons. The van der Waals surface area contributed by atoms with Crippen molar-refractivity contribution in [3.8, 4) is 0 Å². The van der Waals surface area contributed by atoms with Crippen molar-refractivity contribution in [2.75, 3.05) is 13.3 Å². The van der Waals surface area contributed by atoms with E-state index in [1.165, 1.54) is 11.5 Å². The number of hydrogen-bond acceptors (Lipinski definition) is 4. The number of halogens is 2. The molecule has 1 aromatic heterocycles. The summed E-state index contributed by atoms with van der Waals surface area (Å²) in [6.07, 6.45) is 0.122. The molecule has 0 aromatic carbocycles. The molecule has 6 heteroatoms. The van der Waals surface area contributed by atoms with Crippen LogP contribution in [0.1, 0.15) is 24.6 Å². The van der Waals surface area contributed by atoms with Crippen LogP contribution in [0.25, 0.3) is 0 Å². The monoisotopic (exact) mass is 248 g/mol. The number of hydrogen-bond donors (Lipinski definition) is 2. The Kier molecular flexibility index (Phi) is 2.98. The van der Waals surface area contributed by atoms with E-state index >= 15 is 0 Å². The van der Waals surface area contributed by atoms with Gasteiger partial charge in [0.25, 0.3) is 0 Å². The van der Waals surface area contributed by atoms with Crippen LogP contribution in [0.2, 0.25) is 0 Å². The summed E-state index contributed by atoms with van der Waals surface area (Å²) >= 11 is 1.24. The molecule has 0 bridgehead atoms. The molecule has 1 aromatic rings. The van der Waals surface area contributed by atoms with Crippen molar-refractivity contribution in [1.82, 2.24) is 4.37 Å². The summed E-state index contributed by atoms with van der Waals surface area (Å²) in [4.78, 5) is 0. The lowest BCUT2D eigenvalue weighted by Crippen LogP contribution is -2.59. The molecule has 0 spiro atoms. The van der Waals surface area contributed by atoms with E-state index in [2.05, 4.69) is 4.37 Å². The molecule has 0 aliphatic heterocycles. The second-order valence-corrected chi connectivity index (χ2v) is 5.29. The third kappa shape index (κ3) is 1.74. The molecule has 1 unspecified atom stereocenters.